The van der Waals surface area contributed by atoms with Gasteiger partial charge in [0.25, 0.3) is 0 Å². The molecule has 1 aliphatic heterocycles. The standard InChI is InChI=1S/C16H19N3O/c1-4-11-10(2)18-16(19-15(11)17-3)13-9-20-14-8-6-5-7-12(13)14/h5-8,13H,4,9H2,1-3H3,(H,17,18,19). The molecule has 1 aliphatic rings. The topological polar surface area (TPSA) is 47.0 Å². The van der Waals surface area contributed by atoms with Crippen molar-refractivity contribution in [3.05, 3.63) is 46.9 Å². The summed E-state index contributed by atoms with van der Waals surface area (Å²) < 4.78 is 5.74. The van der Waals surface area contributed by atoms with Crippen LogP contribution in [0.4, 0.5) is 5.82 Å². The van der Waals surface area contributed by atoms with Gasteiger partial charge >= 0.3 is 0 Å². The first-order chi connectivity index (χ1) is 9.74. The van der Waals surface area contributed by atoms with E-state index in [0.717, 1.165) is 29.5 Å². The van der Waals surface area contributed by atoms with Gasteiger partial charge in [0.2, 0.25) is 0 Å². The highest BCUT2D eigenvalue weighted by molar-refractivity contribution is 5.49. The molecule has 2 aromatic rings. The Morgan fingerprint density at radius 3 is 2.85 bits per heavy atom. The van der Waals surface area contributed by atoms with Gasteiger partial charge in [0.15, 0.2) is 0 Å². The Morgan fingerprint density at radius 2 is 2.10 bits per heavy atom. The SMILES string of the molecule is CCc1c(C)nc(C2COc3ccccc32)nc1NC. The molecule has 0 saturated carbocycles. The highest BCUT2D eigenvalue weighted by Gasteiger charge is 2.28. The second kappa shape index (κ2) is 5.12. The summed E-state index contributed by atoms with van der Waals surface area (Å²) in [7, 11) is 1.91. The van der Waals surface area contributed by atoms with E-state index in [2.05, 4.69) is 18.3 Å². The molecule has 0 fully saturated rings. The van der Waals surface area contributed by atoms with E-state index in [0.29, 0.717) is 6.61 Å². The van der Waals surface area contributed by atoms with Crippen LogP contribution in [0, 0.1) is 6.92 Å². The van der Waals surface area contributed by atoms with Crippen molar-refractivity contribution in [1.29, 1.82) is 0 Å². The Balaban J connectivity index is 2.06. The summed E-state index contributed by atoms with van der Waals surface area (Å²) in [6, 6.07) is 8.12. The predicted molar refractivity (Wildman–Crippen MR) is 79.5 cm³/mol. The fourth-order valence-electron chi connectivity index (χ4n) is 2.78. The second-order valence-electron chi connectivity index (χ2n) is 5.00. The van der Waals surface area contributed by atoms with Crippen LogP contribution in [0.15, 0.2) is 24.3 Å². The lowest BCUT2D eigenvalue weighted by Gasteiger charge is -2.14. The van der Waals surface area contributed by atoms with Crippen molar-refractivity contribution in [2.45, 2.75) is 26.2 Å². The van der Waals surface area contributed by atoms with E-state index in [4.69, 9.17) is 14.7 Å². The van der Waals surface area contributed by atoms with Crippen molar-refractivity contribution >= 4 is 5.82 Å². The van der Waals surface area contributed by atoms with E-state index < -0.39 is 0 Å². The molecule has 0 radical (unpaired) electrons. The van der Waals surface area contributed by atoms with Crippen molar-refractivity contribution < 1.29 is 4.74 Å². The summed E-state index contributed by atoms with van der Waals surface area (Å²) in [6.07, 6.45) is 0.931. The third kappa shape index (κ3) is 2.01. The van der Waals surface area contributed by atoms with Crippen LogP contribution in [0.5, 0.6) is 5.75 Å². The van der Waals surface area contributed by atoms with Gasteiger partial charge in [-0.3, -0.25) is 0 Å². The van der Waals surface area contributed by atoms with Crippen LogP contribution < -0.4 is 10.1 Å². The molecule has 1 unspecified atom stereocenters. The largest absolute Gasteiger partial charge is 0.492 e. The van der Waals surface area contributed by atoms with Crippen LogP contribution in [0.1, 0.15) is 35.5 Å². The van der Waals surface area contributed by atoms with Gasteiger partial charge in [0, 0.05) is 23.9 Å². The maximum absolute atomic E-state index is 5.74. The molecule has 4 nitrogen and oxygen atoms in total. The van der Waals surface area contributed by atoms with Gasteiger partial charge in [-0.2, -0.15) is 0 Å². The van der Waals surface area contributed by atoms with E-state index in [1.54, 1.807) is 0 Å². The average Bonchev–Trinajstić information content (AvgIpc) is 2.90. The first-order valence-corrected chi connectivity index (χ1v) is 7.01. The number of ether oxygens (including phenoxy) is 1. The number of aromatic nitrogens is 2. The number of hydrogen-bond acceptors (Lipinski definition) is 4. The molecule has 0 amide bonds. The monoisotopic (exact) mass is 269 g/mol. The number of nitrogens with one attached hydrogen (secondary N) is 1. The molecule has 1 aromatic carbocycles. The molecule has 1 N–H and O–H groups in total. The van der Waals surface area contributed by atoms with Crippen LogP contribution in [0.25, 0.3) is 0 Å². The molecule has 0 bridgehead atoms. The van der Waals surface area contributed by atoms with E-state index >= 15 is 0 Å². The smallest absolute Gasteiger partial charge is 0.142 e. The van der Waals surface area contributed by atoms with Crippen LogP contribution >= 0.6 is 0 Å². The zero-order chi connectivity index (χ0) is 14.1. The summed E-state index contributed by atoms with van der Waals surface area (Å²) in [4.78, 5) is 9.40. The first-order valence-electron chi connectivity index (χ1n) is 7.01. The normalized spacial score (nSPS) is 16.6. The molecule has 20 heavy (non-hydrogen) atoms. The summed E-state index contributed by atoms with van der Waals surface area (Å²) in [5.74, 6) is 2.85. The minimum absolute atomic E-state index is 0.128. The van der Waals surface area contributed by atoms with Crippen molar-refractivity contribution in [2.24, 2.45) is 0 Å². The fraction of sp³-hybridized carbons (Fsp3) is 0.375. The first kappa shape index (κ1) is 12.9. The van der Waals surface area contributed by atoms with Crippen LogP contribution in [-0.4, -0.2) is 23.6 Å². The number of benzene rings is 1. The number of nitrogens with zero attached hydrogens (tertiary/aromatic N) is 2. The summed E-state index contributed by atoms with van der Waals surface area (Å²) in [6.45, 7) is 4.79. The Morgan fingerprint density at radius 1 is 1.30 bits per heavy atom. The average molecular weight is 269 g/mol. The van der Waals surface area contributed by atoms with Crippen LogP contribution in [-0.2, 0) is 6.42 Å². The number of para-hydroxylation sites is 1. The molecular formula is C16H19N3O. The van der Waals surface area contributed by atoms with Gasteiger partial charge in [-0.15, -0.1) is 0 Å². The third-order valence-electron chi connectivity index (χ3n) is 3.83. The fourth-order valence-corrected chi connectivity index (χ4v) is 2.78. The second-order valence-corrected chi connectivity index (χ2v) is 5.00. The Kier molecular flexibility index (Phi) is 3.30. The zero-order valence-corrected chi connectivity index (χ0v) is 12.1. The lowest BCUT2D eigenvalue weighted by atomic mass is 10.00. The van der Waals surface area contributed by atoms with Crippen LogP contribution in [0.2, 0.25) is 0 Å². The maximum atomic E-state index is 5.74. The Bertz CT molecular complexity index is 640. The molecule has 0 spiro atoms. The van der Waals surface area contributed by atoms with Gasteiger partial charge in [-0.25, -0.2) is 9.97 Å². The van der Waals surface area contributed by atoms with Crippen molar-refractivity contribution in [3.8, 4) is 5.75 Å². The van der Waals surface area contributed by atoms with E-state index in [-0.39, 0.29) is 5.92 Å². The zero-order valence-electron chi connectivity index (χ0n) is 12.1. The number of aryl methyl sites for hydroxylation is 1. The molecule has 1 atom stereocenters. The summed E-state index contributed by atoms with van der Waals surface area (Å²) in [5, 5.41) is 3.18. The lowest BCUT2D eigenvalue weighted by molar-refractivity contribution is 0.339. The van der Waals surface area contributed by atoms with Crippen molar-refractivity contribution in [3.63, 3.8) is 0 Å². The van der Waals surface area contributed by atoms with Gasteiger partial charge in [-0.05, 0) is 19.4 Å². The summed E-state index contributed by atoms with van der Waals surface area (Å²) in [5.41, 5.74) is 3.41. The molecular weight excluding hydrogens is 250 g/mol. The minimum atomic E-state index is 0.128. The van der Waals surface area contributed by atoms with E-state index in [1.165, 1.54) is 11.1 Å². The van der Waals surface area contributed by atoms with Gasteiger partial charge in [0.1, 0.15) is 24.0 Å². The van der Waals surface area contributed by atoms with Gasteiger partial charge in [-0.1, -0.05) is 25.1 Å². The third-order valence-corrected chi connectivity index (χ3v) is 3.83. The number of fused-ring (bicyclic) bond motifs is 1. The molecule has 2 heterocycles. The van der Waals surface area contributed by atoms with E-state index in [9.17, 15) is 0 Å². The molecule has 4 heteroatoms. The Labute approximate surface area is 119 Å². The summed E-state index contributed by atoms with van der Waals surface area (Å²) >= 11 is 0. The number of anilines is 1. The van der Waals surface area contributed by atoms with Crippen molar-refractivity contribution in [2.75, 3.05) is 19.0 Å². The van der Waals surface area contributed by atoms with Gasteiger partial charge in [0.05, 0.1) is 5.92 Å². The lowest BCUT2D eigenvalue weighted by Crippen LogP contribution is -2.12. The molecule has 1 aromatic heterocycles. The maximum Gasteiger partial charge on any atom is 0.142 e. The quantitative estimate of drug-likeness (QED) is 0.930. The number of hydrogen-bond donors (Lipinski definition) is 1. The molecule has 0 saturated heterocycles. The van der Waals surface area contributed by atoms with Crippen LogP contribution in [0.3, 0.4) is 0 Å². The molecule has 0 aliphatic carbocycles. The predicted octanol–water partition coefficient (Wildman–Crippen LogP) is 2.91. The van der Waals surface area contributed by atoms with Gasteiger partial charge < -0.3 is 10.1 Å². The highest BCUT2D eigenvalue weighted by atomic mass is 16.5. The molecule has 3 rings (SSSR count). The van der Waals surface area contributed by atoms with Crippen molar-refractivity contribution in [1.82, 2.24) is 9.97 Å². The number of rotatable bonds is 3. The van der Waals surface area contributed by atoms with E-state index in [1.807, 2.05) is 32.2 Å². The Hall–Kier alpha value is -2.10. The highest BCUT2D eigenvalue weighted by Crippen LogP contribution is 2.37. The molecule has 104 valence electrons. The minimum Gasteiger partial charge on any atom is -0.492 e.